The number of thiophene rings is 1. The Balaban J connectivity index is 1.92. The van der Waals surface area contributed by atoms with E-state index in [4.69, 9.17) is 5.11 Å². The summed E-state index contributed by atoms with van der Waals surface area (Å²) < 4.78 is 0.985. The van der Waals surface area contributed by atoms with Crippen LogP contribution in [-0.2, 0) is 11.3 Å². The van der Waals surface area contributed by atoms with E-state index < -0.39 is 5.97 Å². The van der Waals surface area contributed by atoms with Gasteiger partial charge in [0.15, 0.2) is 0 Å². The van der Waals surface area contributed by atoms with Gasteiger partial charge in [0, 0.05) is 27.4 Å². The van der Waals surface area contributed by atoms with E-state index in [1.807, 2.05) is 11.4 Å². The van der Waals surface area contributed by atoms with Gasteiger partial charge in [0.2, 0.25) is 0 Å². The predicted octanol–water partition coefficient (Wildman–Crippen LogP) is 2.61. The second kappa shape index (κ2) is 7.33. The van der Waals surface area contributed by atoms with Crippen LogP contribution in [0.2, 0.25) is 0 Å². The smallest absolute Gasteiger partial charge is 0.318 e. The molecule has 1 fully saturated rings. The Hall–Kier alpha value is -0.730. The molecule has 0 spiro atoms. The fourth-order valence-electron chi connectivity index (χ4n) is 2.00. The maximum Gasteiger partial charge on any atom is 0.318 e. The van der Waals surface area contributed by atoms with E-state index in [1.54, 1.807) is 28.0 Å². The molecule has 1 saturated heterocycles. The van der Waals surface area contributed by atoms with Crippen LogP contribution < -0.4 is 5.32 Å². The van der Waals surface area contributed by atoms with Crippen LogP contribution in [0.5, 0.6) is 0 Å². The molecule has 1 atom stereocenters. The zero-order chi connectivity index (χ0) is 14.5. The Morgan fingerprint density at radius 3 is 3.00 bits per heavy atom. The molecule has 1 aliphatic heterocycles. The fourth-order valence-corrected chi connectivity index (χ4v) is 4.50. The number of hydrogen-bond donors (Lipinski definition) is 2. The molecule has 0 aliphatic carbocycles. The minimum Gasteiger partial charge on any atom is -0.481 e. The third-order valence-corrected chi connectivity index (χ3v) is 6.01. The van der Waals surface area contributed by atoms with E-state index in [0.717, 1.165) is 15.1 Å². The largest absolute Gasteiger partial charge is 0.481 e. The zero-order valence-corrected chi connectivity index (χ0v) is 13.9. The molecular weight excluding hydrogens is 364 g/mol. The number of carboxylic acids is 1. The van der Waals surface area contributed by atoms with Gasteiger partial charge in [-0.3, -0.25) is 4.79 Å². The van der Waals surface area contributed by atoms with Gasteiger partial charge in [-0.2, -0.15) is 11.8 Å². The van der Waals surface area contributed by atoms with Crippen molar-refractivity contribution in [1.29, 1.82) is 0 Å². The van der Waals surface area contributed by atoms with Gasteiger partial charge < -0.3 is 15.3 Å². The van der Waals surface area contributed by atoms with Gasteiger partial charge in [-0.1, -0.05) is 0 Å². The maximum absolute atomic E-state index is 12.2. The number of urea groups is 1. The Morgan fingerprint density at radius 2 is 2.35 bits per heavy atom. The molecule has 0 bridgehead atoms. The van der Waals surface area contributed by atoms with Gasteiger partial charge in [0.1, 0.15) is 0 Å². The van der Waals surface area contributed by atoms with Crippen molar-refractivity contribution in [3.05, 3.63) is 20.8 Å². The molecule has 2 rings (SSSR count). The first-order valence-corrected chi connectivity index (χ1v) is 8.96. The Morgan fingerprint density at radius 1 is 1.55 bits per heavy atom. The van der Waals surface area contributed by atoms with Gasteiger partial charge in [0.25, 0.3) is 0 Å². The van der Waals surface area contributed by atoms with Crippen molar-refractivity contribution in [3.8, 4) is 0 Å². The summed E-state index contributed by atoms with van der Waals surface area (Å²) in [6.45, 7) is 1.06. The maximum atomic E-state index is 12.2. The zero-order valence-electron chi connectivity index (χ0n) is 10.7. The number of nitrogens with zero attached hydrogens (tertiary/aromatic N) is 1. The second-order valence-corrected chi connectivity index (χ2v) is 7.38. The van der Waals surface area contributed by atoms with Crippen LogP contribution >= 0.6 is 39.0 Å². The van der Waals surface area contributed by atoms with Crippen molar-refractivity contribution < 1.29 is 14.7 Å². The monoisotopic (exact) mass is 378 g/mol. The quantitative estimate of drug-likeness (QED) is 0.844. The summed E-state index contributed by atoms with van der Waals surface area (Å²) in [5, 5.41) is 13.7. The van der Waals surface area contributed by atoms with E-state index >= 15 is 0 Å². The summed E-state index contributed by atoms with van der Waals surface area (Å²) in [5.74, 6) is 0.672. The van der Waals surface area contributed by atoms with Crippen LogP contribution in [0.3, 0.4) is 0 Å². The third kappa shape index (κ3) is 4.13. The number of carboxylic acid groups (broad SMARTS) is 1. The summed E-state index contributed by atoms with van der Waals surface area (Å²) in [5.41, 5.74) is 0. The number of nitrogens with one attached hydrogen (secondary N) is 1. The number of hydrogen-bond acceptors (Lipinski definition) is 4. The SMILES string of the molecule is O=C(O)CC1CSCCN1C(=O)NCc1sccc1Br. The van der Waals surface area contributed by atoms with Gasteiger partial charge in [0.05, 0.1) is 19.0 Å². The number of carbonyl (C=O) groups excluding carboxylic acids is 1. The van der Waals surface area contributed by atoms with Crippen molar-refractivity contribution in [2.45, 2.75) is 19.0 Å². The number of carbonyl (C=O) groups is 2. The molecule has 0 radical (unpaired) electrons. The molecule has 1 aliphatic rings. The highest BCUT2D eigenvalue weighted by Gasteiger charge is 2.28. The lowest BCUT2D eigenvalue weighted by Crippen LogP contribution is -2.51. The van der Waals surface area contributed by atoms with E-state index in [2.05, 4.69) is 21.2 Å². The predicted molar refractivity (Wildman–Crippen MR) is 84.3 cm³/mol. The van der Waals surface area contributed by atoms with Crippen LogP contribution in [0.1, 0.15) is 11.3 Å². The highest BCUT2D eigenvalue weighted by Crippen LogP contribution is 2.23. The normalized spacial score (nSPS) is 18.9. The molecule has 1 unspecified atom stereocenters. The summed E-state index contributed by atoms with van der Waals surface area (Å²) in [7, 11) is 0. The van der Waals surface area contributed by atoms with Gasteiger partial charge in [-0.25, -0.2) is 4.79 Å². The van der Waals surface area contributed by atoms with E-state index in [9.17, 15) is 9.59 Å². The summed E-state index contributed by atoms with van der Waals surface area (Å²) >= 11 is 6.69. The van der Waals surface area contributed by atoms with Crippen LogP contribution in [-0.4, -0.2) is 46.1 Å². The van der Waals surface area contributed by atoms with E-state index in [-0.39, 0.29) is 18.5 Å². The number of halogens is 1. The minimum absolute atomic E-state index is 0.00309. The molecule has 110 valence electrons. The molecule has 5 nitrogen and oxygen atoms in total. The van der Waals surface area contributed by atoms with Crippen molar-refractivity contribution >= 4 is 51.0 Å². The average molecular weight is 379 g/mol. The third-order valence-electron chi connectivity index (χ3n) is 2.99. The Bertz CT molecular complexity index is 495. The van der Waals surface area contributed by atoms with Gasteiger partial charge in [-0.15, -0.1) is 11.3 Å². The second-order valence-electron chi connectivity index (χ2n) is 4.37. The van der Waals surface area contributed by atoms with E-state index in [0.29, 0.717) is 18.8 Å². The van der Waals surface area contributed by atoms with Crippen LogP contribution in [0.25, 0.3) is 0 Å². The van der Waals surface area contributed by atoms with E-state index in [1.165, 1.54) is 0 Å². The topological polar surface area (TPSA) is 69.6 Å². The fraction of sp³-hybridized carbons (Fsp3) is 0.500. The van der Waals surface area contributed by atoms with Crippen molar-refractivity contribution in [2.75, 3.05) is 18.1 Å². The summed E-state index contributed by atoms with van der Waals surface area (Å²) in [6.07, 6.45) is 0.00309. The molecule has 2 amide bonds. The Labute approximate surface area is 133 Å². The highest BCUT2D eigenvalue weighted by atomic mass is 79.9. The number of aliphatic carboxylic acids is 1. The summed E-state index contributed by atoms with van der Waals surface area (Å²) in [4.78, 5) is 25.8. The van der Waals surface area contributed by atoms with Gasteiger partial charge in [-0.05, 0) is 27.4 Å². The molecule has 0 saturated carbocycles. The standard InChI is InChI=1S/C12H15BrN2O3S2/c13-9-1-3-20-10(9)6-14-12(18)15-2-4-19-7-8(15)5-11(16)17/h1,3,8H,2,4-7H2,(H,14,18)(H,16,17). The molecule has 0 aromatic carbocycles. The Kier molecular flexibility index (Phi) is 5.74. The van der Waals surface area contributed by atoms with Gasteiger partial charge >= 0.3 is 12.0 Å². The molecular formula is C12H15BrN2O3S2. The lowest BCUT2D eigenvalue weighted by Gasteiger charge is -2.34. The van der Waals surface area contributed by atoms with Crippen molar-refractivity contribution in [1.82, 2.24) is 10.2 Å². The highest BCUT2D eigenvalue weighted by molar-refractivity contribution is 9.10. The molecule has 8 heteroatoms. The van der Waals surface area contributed by atoms with Crippen LogP contribution in [0.4, 0.5) is 4.79 Å². The first-order chi connectivity index (χ1) is 9.58. The molecule has 20 heavy (non-hydrogen) atoms. The molecule has 1 aromatic rings. The summed E-state index contributed by atoms with van der Waals surface area (Å²) in [6, 6.07) is 1.53. The first kappa shape index (κ1) is 15.7. The first-order valence-electron chi connectivity index (χ1n) is 6.14. The molecule has 2 heterocycles. The molecule has 2 N–H and O–H groups in total. The number of amides is 2. The molecule has 1 aromatic heterocycles. The van der Waals surface area contributed by atoms with Crippen molar-refractivity contribution in [2.24, 2.45) is 0 Å². The number of thioether (sulfide) groups is 1. The number of rotatable bonds is 4. The minimum atomic E-state index is -0.865. The van der Waals surface area contributed by atoms with Crippen molar-refractivity contribution in [3.63, 3.8) is 0 Å². The van der Waals surface area contributed by atoms with Crippen LogP contribution in [0, 0.1) is 0 Å². The lowest BCUT2D eigenvalue weighted by atomic mass is 10.2. The van der Waals surface area contributed by atoms with Crippen LogP contribution in [0.15, 0.2) is 15.9 Å². The average Bonchev–Trinajstić information content (AvgIpc) is 2.81. The lowest BCUT2D eigenvalue weighted by molar-refractivity contribution is -0.137.